The van der Waals surface area contributed by atoms with E-state index >= 15 is 0 Å². The van der Waals surface area contributed by atoms with E-state index in [0.717, 1.165) is 25.2 Å². The van der Waals surface area contributed by atoms with Crippen molar-refractivity contribution < 1.29 is 14.7 Å². The maximum absolute atomic E-state index is 10.4. The highest BCUT2D eigenvalue weighted by Gasteiger charge is 2.10. The number of nitrogens with zero attached hydrogens (tertiary/aromatic N) is 2. The van der Waals surface area contributed by atoms with Crippen LogP contribution in [0.2, 0.25) is 0 Å². The molecule has 0 saturated carbocycles. The Morgan fingerprint density at radius 3 is 2.69 bits per heavy atom. The molecule has 1 atom stereocenters. The molecule has 16 heavy (non-hydrogen) atoms. The molecule has 0 aliphatic carbocycles. The molecule has 0 aliphatic rings. The van der Waals surface area contributed by atoms with E-state index in [1.165, 1.54) is 7.11 Å². The fraction of sp³-hybridized carbons (Fsp3) is 0.800. The van der Waals surface area contributed by atoms with Crippen molar-refractivity contribution in [1.29, 1.82) is 0 Å². The number of hydrogen-bond acceptors (Lipinski definition) is 4. The molecular formula is C10H21N3O3. The Labute approximate surface area is 96.0 Å². The van der Waals surface area contributed by atoms with Gasteiger partial charge in [0.2, 0.25) is 0 Å². The van der Waals surface area contributed by atoms with E-state index in [2.05, 4.69) is 9.99 Å². The highest BCUT2D eigenvalue weighted by molar-refractivity contribution is 5.78. The second-order valence-corrected chi connectivity index (χ2v) is 3.68. The fourth-order valence-electron chi connectivity index (χ4n) is 1.20. The molecule has 0 aromatic carbocycles. The number of hydrogen-bond donors (Lipinski definition) is 2. The summed E-state index contributed by atoms with van der Waals surface area (Å²) in [5.74, 6) is -0.143. The molecule has 0 aromatic heterocycles. The molecule has 0 bridgehead atoms. The van der Waals surface area contributed by atoms with Gasteiger partial charge in [-0.2, -0.15) is 0 Å². The molecule has 94 valence electrons. The van der Waals surface area contributed by atoms with Gasteiger partial charge in [-0.1, -0.05) is 5.16 Å². The van der Waals surface area contributed by atoms with Crippen molar-refractivity contribution in [2.24, 2.45) is 10.9 Å². The van der Waals surface area contributed by atoms with Crippen LogP contribution < -0.4 is 5.73 Å². The van der Waals surface area contributed by atoms with Crippen molar-refractivity contribution in [3.05, 3.63) is 0 Å². The van der Waals surface area contributed by atoms with Gasteiger partial charge < -0.3 is 20.6 Å². The summed E-state index contributed by atoms with van der Waals surface area (Å²) in [4.78, 5) is 17.1. The first-order valence-corrected chi connectivity index (χ1v) is 5.26. The second kappa shape index (κ2) is 7.92. The number of nitrogens with two attached hydrogens (primary N) is 1. The molecule has 6 nitrogen and oxygen atoms in total. The van der Waals surface area contributed by atoms with Gasteiger partial charge in [0.1, 0.15) is 19.0 Å². The van der Waals surface area contributed by atoms with Crippen molar-refractivity contribution in [2.45, 2.75) is 32.2 Å². The Bertz CT molecular complexity index is 243. The van der Waals surface area contributed by atoms with Crippen LogP contribution in [-0.2, 0) is 9.63 Å². The predicted octanol–water partition coefficient (Wildman–Crippen LogP) is 0.480. The summed E-state index contributed by atoms with van der Waals surface area (Å²) >= 11 is 0. The van der Waals surface area contributed by atoms with E-state index in [1.807, 2.05) is 18.9 Å². The predicted molar refractivity (Wildman–Crippen MR) is 62.2 cm³/mol. The molecule has 0 unspecified atom stereocenters. The van der Waals surface area contributed by atoms with E-state index in [1.54, 1.807) is 0 Å². The van der Waals surface area contributed by atoms with Crippen LogP contribution in [0.15, 0.2) is 5.16 Å². The van der Waals surface area contributed by atoms with Crippen molar-refractivity contribution in [2.75, 3.05) is 20.7 Å². The SMILES string of the molecule is CO/N=C(\C)N(C)CCCC[C@H](N)C(=O)O. The fourth-order valence-corrected chi connectivity index (χ4v) is 1.20. The number of rotatable bonds is 7. The van der Waals surface area contributed by atoms with E-state index in [9.17, 15) is 4.79 Å². The Morgan fingerprint density at radius 2 is 2.19 bits per heavy atom. The van der Waals surface area contributed by atoms with Gasteiger partial charge in [0.25, 0.3) is 0 Å². The summed E-state index contributed by atoms with van der Waals surface area (Å²) in [6, 6.07) is -0.751. The summed E-state index contributed by atoms with van der Waals surface area (Å²) in [5.41, 5.74) is 5.38. The minimum Gasteiger partial charge on any atom is -0.480 e. The highest BCUT2D eigenvalue weighted by atomic mass is 16.6. The van der Waals surface area contributed by atoms with Crippen molar-refractivity contribution >= 4 is 11.8 Å². The van der Waals surface area contributed by atoms with Crippen molar-refractivity contribution in [1.82, 2.24) is 4.90 Å². The minimum absolute atomic E-state index is 0.504. The van der Waals surface area contributed by atoms with Crippen LogP contribution in [0, 0.1) is 0 Å². The summed E-state index contributed by atoms with van der Waals surface area (Å²) < 4.78 is 0. The molecule has 0 saturated heterocycles. The molecule has 6 heteroatoms. The van der Waals surface area contributed by atoms with Gasteiger partial charge in [-0.3, -0.25) is 4.79 Å². The standard InChI is InChI=1S/C10H21N3O3/c1-8(12-16-3)13(2)7-5-4-6-9(11)10(14)15/h9H,4-7,11H2,1-3H3,(H,14,15)/b12-8+/t9-/m0/s1. The van der Waals surface area contributed by atoms with Crippen molar-refractivity contribution in [3.63, 3.8) is 0 Å². The molecule has 0 rings (SSSR count). The average molecular weight is 231 g/mol. The van der Waals surface area contributed by atoms with E-state index in [4.69, 9.17) is 10.8 Å². The van der Waals surface area contributed by atoms with E-state index in [0.29, 0.717) is 6.42 Å². The zero-order valence-corrected chi connectivity index (χ0v) is 10.1. The molecule has 0 aromatic rings. The number of amidine groups is 1. The smallest absolute Gasteiger partial charge is 0.320 e. The van der Waals surface area contributed by atoms with Crippen molar-refractivity contribution in [3.8, 4) is 0 Å². The summed E-state index contributed by atoms with van der Waals surface area (Å²) in [7, 11) is 3.41. The molecule has 0 fully saturated rings. The van der Waals surface area contributed by atoms with E-state index < -0.39 is 12.0 Å². The van der Waals surface area contributed by atoms with Gasteiger partial charge in [-0.05, 0) is 26.2 Å². The van der Waals surface area contributed by atoms with Gasteiger partial charge in [-0.15, -0.1) is 0 Å². The molecule has 0 amide bonds. The van der Waals surface area contributed by atoms with Crippen LogP contribution >= 0.6 is 0 Å². The number of carbonyl (C=O) groups is 1. The monoisotopic (exact) mass is 231 g/mol. The molecule has 0 heterocycles. The first-order chi connectivity index (χ1) is 7.49. The number of carboxylic acid groups (broad SMARTS) is 1. The third kappa shape index (κ3) is 6.23. The molecule has 3 N–H and O–H groups in total. The Balaban J connectivity index is 3.66. The Morgan fingerprint density at radius 1 is 1.56 bits per heavy atom. The highest BCUT2D eigenvalue weighted by Crippen LogP contribution is 2.01. The van der Waals surface area contributed by atoms with Crippen LogP contribution in [-0.4, -0.2) is 48.6 Å². The minimum atomic E-state index is -0.939. The lowest BCUT2D eigenvalue weighted by molar-refractivity contribution is -0.138. The van der Waals surface area contributed by atoms with Gasteiger partial charge in [0, 0.05) is 13.6 Å². The summed E-state index contributed by atoms with van der Waals surface area (Å²) in [5, 5.41) is 12.4. The lowest BCUT2D eigenvalue weighted by Gasteiger charge is -2.17. The molecule has 0 aliphatic heterocycles. The third-order valence-electron chi connectivity index (χ3n) is 2.35. The molecule has 0 radical (unpaired) electrons. The van der Waals surface area contributed by atoms with Gasteiger partial charge >= 0.3 is 5.97 Å². The first-order valence-electron chi connectivity index (χ1n) is 5.26. The van der Waals surface area contributed by atoms with Crippen LogP contribution in [0.5, 0.6) is 0 Å². The summed E-state index contributed by atoms with van der Waals surface area (Å²) in [6.07, 6.45) is 2.18. The van der Waals surface area contributed by atoms with Crippen LogP contribution in [0.4, 0.5) is 0 Å². The quantitative estimate of drug-likeness (QED) is 0.288. The lowest BCUT2D eigenvalue weighted by Crippen LogP contribution is -2.30. The molecule has 0 spiro atoms. The number of aliphatic carboxylic acids is 1. The third-order valence-corrected chi connectivity index (χ3v) is 2.35. The van der Waals surface area contributed by atoms with Crippen LogP contribution in [0.1, 0.15) is 26.2 Å². The normalized spacial score (nSPS) is 13.4. The zero-order valence-electron chi connectivity index (χ0n) is 10.1. The number of carboxylic acids is 1. The van der Waals surface area contributed by atoms with Gasteiger partial charge in [-0.25, -0.2) is 0 Å². The maximum atomic E-state index is 10.4. The van der Waals surface area contributed by atoms with E-state index in [-0.39, 0.29) is 0 Å². The second-order valence-electron chi connectivity index (χ2n) is 3.68. The van der Waals surface area contributed by atoms with Crippen LogP contribution in [0.25, 0.3) is 0 Å². The lowest BCUT2D eigenvalue weighted by atomic mass is 10.1. The molecular weight excluding hydrogens is 210 g/mol. The maximum Gasteiger partial charge on any atom is 0.320 e. The topological polar surface area (TPSA) is 88.1 Å². The Kier molecular flexibility index (Phi) is 7.28. The number of oxime groups is 1. The zero-order chi connectivity index (χ0) is 12.6. The van der Waals surface area contributed by atoms with Gasteiger partial charge in [0.15, 0.2) is 0 Å². The van der Waals surface area contributed by atoms with Gasteiger partial charge in [0.05, 0.1) is 0 Å². The summed E-state index contributed by atoms with van der Waals surface area (Å²) in [6.45, 7) is 2.66. The largest absolute Gasteiger partial charge is 0.480 e. The van der Waals surface area contributed by atoms with Crippen LogP contribution in [0.3, 0.4) is 0 Å². The first kappa shape index (κ1) is 14.7. The Hall–Kier alpha value is -1.30. The number of unbranched alkanes of at least 4 members (excludes halogenated alkanes) is 1. The average Bonchev–Trinajstić information content (AvgIpc) is 2.23.